The van der Waals surface area contributed by atoms with E-state index in [1.54, 1.807) is 0 Å². The normalized spacial score (nSPS) is 50.7. The molecule has 9 atom stereocenters. The third-order valence-corrected chi connectivity index (χ3v) is 11.6. The second kappa shape index (κ2) is 7.04. The lowest BCUT2D eigenvalue weighted by Crippen LogP contribution is -2.65. The van der Waals surface area contributed by atoms with Gasteiger partial charge in [0.25, 0.3) is 0 Å². The van der Waals surface area contributed by atoms with Gasteiger partial charge in [0.1, 0.15) is 0 Å². The topological polar surface area (TPSA) is 80.7 Å². The lowest BCUT2D eigenvalue weighted by Gasteiger charge is -2.67. The summed E-state index contributed by atoms with van der Waals surface area (Å²) in [5.41, 5.74) is -0.610. The highest BCUT2D eigenvalue weighted by Gasteiger charge is 2.73. The van der Waals surface area contributed by atoms with Crippen LogP contribution < -0.4 is 0 Å². The predicted octanol–water partition coefficient (Wildman–Crippen LogP) is 5.46. The van der Waals surface area contributed by atoms with Crippen molar-refractivity contribution in [3.63, 3.8) is 0 Å². The number of hydrogen-bond acceptors (Lipinski definition) is 5. The first kappa shape index (κ1) is 24.2. The highest BCUT2D eigenvalue weighted by atomic mass is 31.2. The fourth-order valence-electron chi connectivity index (χ4n) is 8.69. The van der Waals surface area contributed by atoms with Crippen molar-refractivity contribution in [3.8, 4) is 0 Å². The van der Waals surface area contributed by atoms with Gasteiger partial charge >= 0.3 is 5.97 Å². The van der Waals surface area contributed by atoms with Crippen molar-refractivity contribution < 1.29 is 23.8 Å². The molecule has 0 radical (unpaired) electrons. The molecule has 4 aliphatic carbocycles. The molecule has 4 aliphatic rings. The smallest absolute Gasteiger partial charge is 0.317 e. The van der Waals surface area contributed by atoms with Crippen LogP contribution in [0.25, 0.3) is 0 Å². The van der Waals surface area contributed by atoms with E-state index >= 15 is 0 Å². The molecular weight excluding hydrogens is 423 g/mol. The van der Waals surface area contributed by atoms with Crippen LogP contribution in [0.2, 0.25) is 0 Å². The number of aliphatic hydroxyl groups excluding tert-OH is 1. The lowest BCUT2D eigenvalue weighted by molar-refractivity contribution is -0.209. The van der Waals surface area contributed by atoms with E-state index in [0.717, 1.165) is 19.3 Å². The maximum Gasteiger partial charge on any atom is 0.317 e. The summed E-state index contributed by atoms with van der Waals surface area (Å²) in [6.07, 6.45) is 4.92. The Balaban J connectivity index is 1.82. The summed E-state index contributed by atoms with van der Waals surface area (Å²) < 4.78 is 17.9. The van der Waals surface area contributed by atoms with E-state index in [2.05, 4.69) is 34.6 Å². The molecular formula is C26H41O5P. The maximum absolute atomic E-state index is 13.5. The van der Waals surface area contributed by atoms with Crippen molar-refractivity contribution in [2.24, 2.45) is 45.3 Å². The molecule has 0 bridgehead atoms. The van der Waals surface area contributed by atoms with Crippen LogP contribution >= 0.6 is 7.37 Å². The van der Waals surface area contributed by atoms with Crippen LogP contribution in [0.15, 0.2) is 11.6 Å². The van der Waals surface area contributed by atoms with Gasteiger partial charge in [-0.15, -0.1) is 0 Å². The predicted molar refractivity (Wildman–Crippen MR) is 125 cm³/mol. The van der Waals surface area contributed by atoms with E-state index in [1.807, 2.05) is 13.0 Å². The summed E-state index contributed by atoms with van der Waals surface area (Å²) in [7, 11) is -2.98. The second-order valence-electron chi connectivity index (χ2n) is 12.6. The third kappa shape index (κ3) is 2.89. The quantitative estimate of drug-likeness (QED) is 0.549. The van der Waals surface area contributed by atoms with Gasteiger partial charge in [0.05, 0.1) is 11.5 Å². The monoisotopic (exact) mass is 464 g/mol. The van der Waals surface area contributed by atoms with Crippen molar-refractivity contribution in [3.05, 3.63) is 11.6 Å². The van der Waals surface area contributed by atoms with Gasteiger partial charge in [0.2, 0.25) is 7.37 Å². The molecule has 0 aromatic carbocycles. The van der Waals surface area contributed by atoms with E-state index in [4.69, 9.17) is 4.52 Å². The zero-order valence-electron chi connectivity index (χ0n) is 21.0. The lowest BCUT2D eigenvalue weighted by atomic mass is 9.37. The molecule has 32 heavy (non-hydrogen) atoms. The zero-order chi connectivity index (χ0) is 24.1. The fraction of sp³-hybridized carbons (Fsp3) is 0.846. The Hall–Kier alpha value is -0.930. The van der Waals surface area contributed by atoms with Crippen molar-refractivity contribution in [1.29, 1.82) is 0 Å². The molecule has 3 saturated carbocycles. The number of hydrogen-bond donors (Lipinski definition) is 1. The summed E-state index contributed by atoms with van der Waals surface area (Å²) in [4.78, 5) is 25.8. The molecule has 0 aromatic heterocycles. The van der Waals surface area contributed by atoms with Crippen molar-refractivity contribution in [2.75, 3.05) is 13.3 Å². The van der Waals surface area contributed by atoms with Crippen molar-refractivity contribution in [2.45, 2.75) is 79.8 Å². The number of rotatable bonds is 2. The first-order valence-electron chi connectivity index (χ1n) is 12.2. The van der Waals surface area contributed by atoms with Crippen LogP contribution in [0.1, 0.15) is 73.6 Å². The van der Waals surface area contributed by atoms with E-state index < -0.39 is 24.3 Å². The van der Waals surface area contributed by atoms with Gasteiger partial charge in [-0.1, -0.05) is 40.2 Å². The summed E-state index contributed by atoms with van der Waals surface area (Å²) >= 11 is 0. The largest absolute Gasteiger partial charge is 0.412 e. The molecule has 0 saturated heterocycles. The number of carbonyl (C=O) groups is 2. The Bertz CT molecular complexity index is 935. The molecule has 0 heterocycles. The first-order chi connectivity index (χ1) is 14.5. The summed E-state index contributed by atoms with van der Waals surface area (Å²) in [6.45, 7) is 15.9. The van der Waals surface area contributed by atoms with Gasteiger partial charge in [-0.3, -0.25) is 14.2 Å². The van der Waals surface area contributed by atoms with Crippen LogP contribution in [0, 0.1) is 45.3 Å². The zero-order valence-corrected chi connectivity index (χ0v) is 21.9. The molecule has 0 aromatic rings. The highest BCUT2D eigenvalue weighted by molar-refractivity contribution is 7.57. The number of carbonyl (C=O) groups excluding carboxylic acids is 2. The number of aliphatic hydroxyl groups is 1. The molecule has 4 rings (SSSR count). The van der Waals surface area contributed by atoms with Gasteiger partial charge in [-0.2, -0.15) is 0 Å². The minimum Gasteiger partial charge on any atom is -0.412 e. The minimum absolute atomic E-state index is 0.0686. The fourth-order valence-corrected chi connectivity index (χ4v) is 9.28. The second-order valence-corrected chi connectivity index (χ2v) is 15.3. The first-order valence-corrected chi connectivity index (χ1v) is 14.8. The molecule has 3 fully saturated rings. The minimum atomic E-state index is -2.98. The van der Waals surface area contributed by atoms with Gasteiger partial charge in [-0.25, -0.2) is 0 Å². The summed E-state index contributed by atoms with van der Waals surface area (Å²) in [5, 5.41) is 11.8. The molecule has 1 N–H and O–H groups in total. The molecule has 0 aliphatic heterocycles. The maximum atomic E-state index is 13.5. The van der Waals surface area contributed by atoms with Crippen LogP contribution in [-0.2, 0) is 18.7 Å². The molecule has 0 spiro atoms. The Kier molecular flexibility index (Phi) is 5.33. The number of allylic oxidation sites excluding steroid dienone is 1. The van der Waals surface area contributed by atoms with E-state index in [9.17, 15) is 19.3 Å². The molecule has 180 valence electrons. The SMILES string of the molecule is CC1CC2C3CC(C)[C@](C)(C(=O)OP(C)(C)=O)[C@@]3(C)C[C@H](O)C2(C)[C@@]2(C)CCC(=O)C=C12. The highest BCUT2D eigenvalue weighted by Crippen LogP contribution is 2.76. The summed E-state index contributed by atoms with van der Waals surface area (Å²) in [5.74, 6) is 0.674. The Morgan fingerprint density at radius 1 is 1.12 bits per heavy atom. The average molecular weight is 465 g/mol. The van der Waals surface area contributed by atoms with E-state index in [0.29, 0.717) is 12.8 Å². The van der Waals surface area contributed by atoms with E-state index in [-0.39, 0.29) is 46.3 Å². The van der Waals surface area contributed by atoms with Crippen LogP contribution in [0.5, 0.6) is 0 Å². The Labute approximate surface area is 193 Å². The molecule has 0 amide bonds. The molecule has 5 unspecified atom stereocenters. The van der Waals surface area contributed by atoms with Gasteiger partial charge in [-0.05, 0) is 73.2 Å². The van der Waals surface area contributed by atoms with Crippen LogP contribution in [0.4, 0.5) is 0 Å². The Morgan fingerprint density at radius 3 is 2.34 bits per heavy atom. The van der Waals surface area contributed by atoms with Crippen LogP contribution in [0.3, 0.4) is 0 Å². The number of ketones is 1. The summed E-state index contributed by atoms with van der Waals surface area (Å²) in [6, 6.07) is 0. The molecule has 5 nitrogen and oxygen atoms in total. The molecule has 6 heteroatoms. The van der Waals surface area contributed by atoms with Crippen molar-refractivity contribution >= 4 is 19.1 Å². The van der Waals surface area contributed by atoms with E-state index in [1.165, 1.54) is 18.9 Å². The van der Waals surface area contributed by atoms with Crippen LogP contribution in [-0.4, -0.2) is 36.3 Å². The van der Waals surface area contributed by atoms with Gasteiger partial charge in [0.15, 0.2) is 5.78 Å². The average Bonchev–Trinajstić information content (AvgIpc) is 2.86. The standard InChI is InChI=1S/C26H41O5P/c1-15-11-20-19-12-16(2)25(5,22(29)31-32(7,8)30)24(19,4)14-21(28)26(20,6)23(3)10-9-17(27)13-18(15)23/h13,15-16,19-21,28H,9-12,14H2,1-8H3/t15?,16?,19?,20?,21-,23-,24-,25+,26?/m0/s1. The number of fused-ring (bicyclic) bond motifs is 5. The van der Waals surface area contributed by atoms with Gasteiger partial charge in [0, 0.05) is 25.2 Å². The Morgan fingerprint density at radius 2 is 1.75 bits per heavy atom. The van der Waals surface area contributed by atoms with Crippen molar-refractivity contribution in [1.82, 2.24) is 0 Å². The van der Waals surface area contributed by atoms with Gasteiger partial charge < -0.3 is 9.63 Å². The third-order valence-electron chi connectivity index (χ3n) is 11.0.